The lowest BCUT2D eigenvalue weighted by atomic mass is 10.1. The molecule has 9 heteroatoms. The summed E-state index contributed by atoms with van der Waals surface area (Å²) in [5.74, 6) is -1.03. The Morgan fingerprint density at radius 2 is 1.58 bits per heavy atom. The Morgan fingerprint density at radius 3 is 2.00 bits per heavy atom. The van der Waals surface area contributed by atoms with Crippen LogP contribution in [0.3, 0.4) is 0 Å². The number of carbonyl (C=O) groups excluding carboxylic acids is 1. The third kappa shape index (κ3) is 5.40. The van der Waals surface area contributed by atoms with E-state index in [9.17, 15) is 26.4 Å². The third-order valence-electron chi connectivity index (χ3n) is 3.49. The summed E-state index contributed by atoms with van der Waals surface area (Å²) < 4.78 is 64.0. The summed E-state index contributed by atoms with van der Waals surface area (Å²) in [6, 6.07) is 4.42. The minimum absolute atomic E-state index is 0.375. The lowest BCUT2D eigenvalue weighted by Crippen LogP contribution is -2.41. The number of alkyl halides is 3. The van der Waals surface area contributed by atoms with Gasteiger partial charge in [-0.25, -0.2) is 8.42 Å². The van der Waals surface area contributed by atoms with Gasteiger partial charge in [0.1, 0.15) is 11.0 Å². The van der Waals surface area contributed by atoms with Crippen molar-refractivity contribution < 1.29 is 31.1 Å². The smallest absolute Gasteiger partial charge is 0.406 e. The van der Waals surface area contributed by atoms with Crippen LogP contribution in [0.25, 0.3) is 0 Å². The highest BCUT2D eigenvalue weighted by Crippen LogP contribution is 2.24. The van der Waals surface area contributed by atoms with Gasteiger partial charge in [-0.1, -0.05) is 12.1 Å². The van der Waals surface area contributed by atoms with Crippen LogP contribution in [0.5, 0.6) is 5.75 Å². The lowest BCUT2D eigenvalue weighted by Gasteiger charge is -2.20. The van der Waals surface area contributed by atoms with E-state index in [2.05, 4.69) is 10.1 Å². The van der Waals surface area contributed by atoms with Crippen molar-refractivity contribution in [3.8, 4) is 5.75 Å². The number of halogens is 3. The minimum atomic E-state index is -4.78. The molecule has 0 saturated heterocycles. The van der Waals surface area contributed by atoms with Crippen molar-refractivity contribution in [2.24, 2.45) is 0 Å². The van der Waals surface area contributed by atoms with Crippen molar-refractivity contribution in [3.63, 3.8) is 0 Å². The summed E-state index contributed by atoms with van der Waals surface area (Å²) in [5.41, 5.74) is 0.520. The molecule has 24 heavy (non-hydrogen) atoms. The summed E-state index contributed by atoms with van der Waals surface area (Å²) in [7, 11) is -3.59. The van der Waals surface area contributed by atoms with Gasteiger partial charge in [-0.2, -0.15) is 0 Å². The van der Waals surface area contributed by atoms with E-state index in [4.69, 9.17) is 0 Å². The number of amides is 1. The number of rotatable bonds is 6. The van der Waals surface area contributed by atoms with E-state index in [0.717, 1.165) is 12.1 Å². The monoisotopic (exact) mass is 367 g/mol. The fourth-order valence-corrected chi connectivity index (χ4v) is 3.11. The maximum atomic E-state index is 12.1. The highest BCUT2D eigenvalue weighted by Gasteiger charge is 2.32. The average Bonchev–Trinajstić information content (AvgIpc) is 2.45. The zero-order valence-corrected chi connectivity index (χ0v) is 14.5. The van der Waals surface area contributed by atoms with Crippen molar-refractivity contribution in [2.45, 2.75) is 50.6 Å². The number of benzene rings is 1. The van der Waals surface area contributed by atoms with Gasteiger partial charge >= 0.3 is 6.36 Å². The van der Waals surface area contributed by atoms with Gasteiger partial charge in [-0.05, 0) is 45.4 Å². The van der Waals surface area contributed by atoms with Gasteiger partial charge in [0.15, 0.2) is 9.84 Å². The Kier molecular flexibility index (Phi) is 6.26. The number of carbonyl (C=O) groups is 1. The molecule has 1 amide bonds. The molecule has 2 unspecified atom stereocenters. The Bertz CT molecular complexity index is 669. The van der Waals surface area contributed by atoms with Crippen LogP contribution in [0.15, 0.2) is 24.3 Å². The van der Waals surface area contributed by atoms with E-state index in [1.807, 2.05) is 0 Å². The van der Waals surface area contributed by atoms with Gasteiger partial charge in [0.25, 0.3) is 0 Å². The van der Waals surface area contributed by atoms with Gasteiger partial charge in [0.2, 0.25) is 5.91 Å². The summed E-state index contributed by atoms with van der Waals surface area (Å²) >= 11 is 0. The molecule has 136 valence electrons. The van der Waals surface area contributed by atoms with E-state index in [1.165, 1.54) is 32.9 Å². The molecule has 0 fully saturated rings. The second-order valence-electron chi connectivity index (χ2n) is 5.63. The first-order valence-electron chi connectivity index (χ1n) is 7.23. The van der Waals surface area contributed by atoms with Gasteiger partial charge < -0.3 is 10.1 Å². The van der Waals surface area contributed by atoms with E-state index < -0.39 is 38.6 Å². The molecular weight excluding hydrogens is 347 g/mol. The number of ether oxygens (including phenoxy) is 1. The van der Waals surface area contributed by atoms with Gasteiger partial charge in [-0.3, -0.25) is 4.79 Å². The van der Waals surface area contributed by atoms with Crippen LogP contribution in [0.4, 0.5) is 13.2 Å². The van der Waals surface area contributed by atoms with Crippen molar-refractivity contribution in [2.75, 3.05) is 0 Å². The zero-order chi connectivity index (χ0) is 18.7. The molecule has 1 N–H and O–H groups in total. The molecule has 0 radical (unpaired) electrons. The van der Waals surface area contributed by atoms with Crippen molar-refractivity contribution in [1.82, 2.24) is 5.32 Å². The number of sulfone groups is 1. The Hall–Kier alpha value is -1.77. The normalized spacial score (nSPS) is 15.0. The molecule has 0 aliphatic rings. The lowest BCUT2D eigenvalue weighted by molar-refractivity contribution is -0.274. The molecule has 0 bridgehead atoms. The molecule has 0 heterocycles. The zero-order valence-electron chi connectivity index (χ0n) is 13.7. The molecule has 1 aromatic carbocycles. The molecule has 0 aromatic heterocycles. The van der Waals surface area contributed by atoms with Crippen LogP contribution in [0.1, 0.15) is 39.3 Å². The standard InChI is InChI=1S/C15H20F3NO4S/c1-9(2)24(21,22)11(4)14(20)19-10(3)12-5-7-13(8-6-12)23-15(16,17)18/h5-11H,1-4H3,(H,19,20). The maximum absolute atomic E-state index is 12.1. The van der Waals surface area contributed by atoms with Crippen LogP contribution >= 0.6 is 0 Å². The van der Waals surface area contributed by atoms with E-state index >= 15 is 0 Å². The molecule has 1 aromatic rings. The number of hydrogen-bond acceptors (Lipinski definition) is 4. The largest absolute Gasteiger partial charge is 0.573 e. The fraction of sp³-hybridized carbons (Fsp3) is 0.533. The second kappa shape index (κ2) is 7.42. The second-order valence-corrected chi connectivity index (χ2v) is 8.46. The topological polar surface area (TPSA) is 72.5 Å². The Balaban J connectivity index is 2.78. The molecule has 0 spiro atoms. The quantitative estimate of drug-likeness (QED) is 0.839. The molecule has 2 atom stereocenters. The van der Waals surface area contributed by atoms with Crippen molar-refractivity contribution in [1.29, 1.82) is 0 Å². The predicted octanol–water partition coefficient (Wildman–Crippen LogP) is 2.97. The van der Waals surface area contributed by atoms with Crippen molar-refractivity contribution in [3.05, 3.63) is 29.8 Å². The molecule has 0 aliphatic carbocycles. The fourth-order valence-electron chi connectivity index (χ4n) is 1.93. The Morgan fingerprint density at radius 1 is 1.08 bits per heavy atom. The summed E-state index contributed by atoms with van der Waals surface area (Å²) in [6.07, 6.45) is -4.78. The average molecular weight is 367 g/mol. The highest BCUT2D eigenvalue weighted by molar-refractivity contribution is 7.93. The summed E-state index contributed by atoms with van der Waals surface area (Å²) in [4.78, 5) is 12.1. The first kappa shape index (κ1) is 20.3. The first-order chi connectivity index (χ1) is 10.8. The number of nitrogens with one attached hydrogen (secondary N) is 1. The molecule has 0 aliphatic heterocycles. The number of hydrogen-bond donors (Lipinski definition) is 1. The summed E-state index contributed by atoms with van der Waals surface area (Å²) in [5, 5.41) is 0.641. The van der Waals surface area contributed by atoms with Crippen molar-refractivity contribution >= 4 is 15.7 Å². The minimum Gasteiger partial charge on any atom is -0.406 e. The maximum Gasteiger partial charge on any atom is 0.573 e. The van der Waals surface area contributed by atoms with Crippen LogP contribution in [0, 0.1) is 0 Å². The highest BCUT2D eigenvalue weighted by atomic mass is 32.2. The first-order valence-corrected chi connectivity index (χ1v) is 8.84. The van der Waals surface area contributed by atoms with Gasteiger partial charge in [0, 0.05) is 0 Å². The van der Waals surface area contributed by atoms with Gasteiger partial charge in [0.05, 0.1) is 11.3 Å². The molecule has 0 saturated carbocycles. The van der Waals surface area contributed by atoms with Gasteiger partial charge in [-0.15, -0.1) is 13.2 Å². The van der Waals surface area contributed by atoms with E-state index in [0.29, 0.717) is 5.56 Å². The van der Waals surface area contributed by atoms with Crippen LogP contribution < -0.4 is 10.1 Å². The molecule has 1 rings (SSSR count). The van der Waals surface area contributed by atoms with Crippen LogP contribution in [-0.4, -0.2) is 31.2 Å². The molecular formula is C15H20F3NO4S. The van der Waals surface area contributed by atoms with Crippen LogP contribution in [-0.2, 0) is 14.6 Å². The van der Waals surface area contributed by atoms with E-state index in [-0.39, 0.29) is 5.75 Å². The Labute approximate surface area is 139 Å². The summed E-state index contributed by atoms with van der Waals surface area (Å²) in [6.45, 7) is 5.88. The molecule has 5 nitrogen and oxygen atoms in total. The third-order valence-corrected chi connectivity index (χ3v) is 6.01. The van der Waals surface area contributed by atoms with Crippen LogP contribution in [0.2, 0.25) is 0 Å². The van der Waals surface area contributed by atoms with E-state index in [1.54, 1.807) is 6.92 Å². The predicted molar refractivity (Wildman–Crippen MR) is 83.2 cm³/mol. The SMILES string of the molecule is CC(NC(=O)C(C)S(=O)(=O)C(C)C)c1ccc(OC(F)(F)F)cc1.